The summed E-state index contributed by atoms with van der Waals surface area (Å²) in [5.74, 6) is -1.09. The van der Waals surface area contributed by atoms with E-state index >= 15 is 0 Å². The lowest BCUT2D eigenvalue weighted by Crippen LogP contribution is -2.17. The van der Waals surface area contributed by atoms with Gasteiger partial charge in [-0.2, -0.15) is 0 Å². The normalized spacial score (nSPS) is 10.5. The van der Waals surface area contributed by atoms with Crippen molar-refractivity contribution in [2.24, 2.45) is 0 Å². The van der Waals surface area contributed by atoms with Crippen molar-refractivity contribution in [2.45, 2.75) is 20.3 Å². The Balaban J connectivity index is 1.93. The summed E-state index contributed by atoms with van der Waals surface area (Å²) in [7, 11) is 0. The predicted octanol–water partition coefficient (Wildman–Crippen LogP) is 3.87. The number of thioether (sulfide) groups is 1. The van der Waals surface area contributed by atoms with Crippen molar-refractivity contribution in [3.8, 4) is 0 Å². The predicted molar refractivity (Wildman–Crippen MR) is 102 cm³/mol. The van der Waals surface area contributed by atoms with Crippen molar-refractivity contribution in [3.05, 3.63) is 51.9 Å². The molecule has 1 heterocycles. The van der Waals surface area contributed by atoms with Gasteiger partial charge in [0, 0.05) is 10.4 Å². The van der Waals surface area contributed by atoms with Gasteiger partial charge >= 0.3 is 5.97 Å². The van der Waals surface area contributed by atoms with Crippen LogP contribution < -0.4 is 5.32 Å². The topological polar surface area (TPSA) is 83.5 Å². The molecule has 0 bridgehead atoms. The van der Waals surface area contributed by atoms with E-state index in [1.807, 2.05) is 19.9 Å². The SMILES string of the molecule is CCc1c(C)sc(NC(=O)CSCC(=O)c2ccccc2)c1C(=O)O. The first-order valence-electron chi connectivity index (χ1n) is 7.75. The molecular formula is C18H19NO4S2. The number of rotatable bonds is 8. The number of Topliss-reactive ketones (excluding diaryl/α,β-unsaturated/α-hetero) is 1. The van der Waals surface area contributed by atoms with Crippen LogP contribution in [0.1, 0.15) is 38.1 Å². The van der Waals surface area contributed by atoms with Crippen molar-refractivity contribution in [1.29, 1.82) is 0 Å². The maximum atomic E-state index is 12.1. The number of benzene rings is 1. The van der Waals surface area contributed by atoms with E-state index in [1.54, 1.807) is 24.3 Å². The lowest BCUT2D eigenvalue weighted by atomic mass is 10.1. The second kappa shape index (κ2) is 8.82. The van der Waals surface area contributed by atoms with Crippen LogP contribution in [0.15, 0.2) is 30.3 Å². The number of hydrogen-bond acceptors (Lipinski definition) is 5. The standard InChI is InChI=1S/C18H19NO4S2/c1-3-13-11(2)25-17(16(13)18(22)23)19-15(21)10-24-9-14(20)12-7-5-4-6-8-12/h4-8H,3,9-10H2,1-2H3,(H,19,21)(H,22,23). The fourth-order valence-corrected chi connectivity index (χ4v) is 4.29. The van der Waals surface area contributed by atoms with E-state index in [2.05, 4.69) is 5.32 Å². The van der Waals surface area contributed by atoms with Crippen LogP contribution >= 0.6 is 23.1 Å². The smallest absolute Gasteiger partial charge is 0.339 e. The number of carbonyl (C=O) groups excluding carboxylic acids is 2. The lowest BCUT2D eigenvalue weighted by Gasteiger charge is -2.05. The van der Waals surface area contributed by atoms with Gasteiger partial charge in [0.25, 0.3) is 0 Å². The summed E-state index contributed by atoms with van der Waals surface area (Å²) in [5.41, 5.74) is 1.54. The minimum absolute atomic E-state index is 0.0372. The molecular weight excluding hydrogens is 358 g/mol. The molecule has 2 N–H and O–H groups in total. The van der Waals surface area contributed by atoms with Gasteiger partial charge in [-0.15, -0.1) is 23.1 Å². The van der Waals surface area contributed by atoms with Crippen LogP contribution in [0.2, 0.25) is 0 Å². The molecule has 0 fully saturated rings. The van der Waals surface area contributed by atoms with E-state index in [0.29, 0.717) is 17.0 Å². The number of anilines is 1. The molecule has 0 unspecified atom stereocenters. The Kier molecular flexibility index (Phi) is 6.78. The van der Waals surface area contributed by atoms with Crippen LogP contribution in [-0.2, 0) is 11.2 Å². The number of aromatic carboxylic acids is 1. The van der Waals surface area contributed by atoms with E-state index in [4.69, 9.17) is 0 Å². The first-order valence-corrected chi connectivity index (χ1v) is 9.72. The highest BCUT2D eigenvalue weighted by Crippen LogP contribution is 2.33. The van der Waals surface area contributed by atoms with Gasteiger partial charge in [-0.05, 0) is 18.9 Å². The number of carboxylic acid groups (broad SMARTS) is 1. The number of thiophene rings is 1. The largest absolute Gasteiger partial charge is 0.478 e. The van der Waals surface area contributed by atoms with E-state index < -0.39 is 5.97 Å². The molecule has 7 heteroatoms. The van der Waals surface area contributed by atoms with Crippen molar-refractivity contribution in [1.82, 2.24) is 0 Å². The number of carboxylic acids is 1. The van der Waals surface area contributed by atoms with E-state index in [0.717, 1.165) is 10.4 Å². The Morgan fingerprint density at radius 1 is 1.16 bits per heavy atom. The minimum atomic E-state index is -1.04. The van der Waals surface area contributed by atoms with Crippen molar-refractivity contribution in [2.75, 3.05) is 16.8 Å². The molecule has 132 valence electrons. The molecule has 0 aliphatic heterocycles. The number of amides is 1. The average molecular weight is 377 g/mol. The third-order valence-corrected chi connectivity index (χ3v) is 5.59. The number of hydrogen-bond donors (Lipinski definition) is 2. The highest BCUT2D eigenvalue weighted by Gasteiger charge is 2.21. The molecule has 5 nitrogen and oxygen atoms in total. The quantitative estimate of drug-likeness (QED) is 0.682. The van der Waals surface area contributed by atoms with Gasteiger partial charge in [-0.3, -0.25) is 9.59 Å². The summed E-state index contributed by atoms with van der Waals surface area (Å²) in [6, 6.07) is 8.90. The van der Waals surface area contributed by atoms with Crippen LogP contribution in [0, 0.1) is 6.92 Å². The summed E-state index contributed by atoms with van der Waals surface area (Å²) in [4.78, 5) is 36.4. The monoisotopic (exact) mass is 377 g/mol. The molecule has 2 aromatic rings. The molecule has 0 saturated heterocycles. The molecule has 1 aromatic heterocycles. The molecule has 0 atom stereocenters. The van der Waals surface area contributed by atoms with Crippen LogP contribution in [0.3, 0.4) is 0 Å². The molecule has 1 amide bonds. The Hall–Kier alpha value is -2.12. The van der Waals surface area contributed by atoms with E-state index in [-0.39, 0.29) is 28.8 Å². The molecule has 2 rings (SSSR count). The molecule has 0 radical (unpaired) electrons. The molecule has 0 spiro atoms. The number of aryl methyl sites for hydroxylation is 1. The third-order valence-electron chi connectivity index (χ3n) is 3.59. The zero-order valence-electron chi connectivity index (χ0n) is 14.0. The van der Waals surface area contributed by atoms with E-state index in [1.165, 1.54) is 23.1 Å². The van der Waals surface area contributed by atoms with Gasteiger partial charge in [0.15, 0.2) is 5.78 Å². The maximum absolute atomic E-state index is 12.1. The Morgan fingerprint density at radius 3 is 2.44 bits per heavy atom. The summed E-state index contributed by atoms with van der Waals surface area (Å²) in [6.07, 6.45) is 0.597. The van der Waals surface area contributed by atoms with Gasteiger partial charge in [0.05, 0.1) is 17.1 Å². The Labute approximate surface area is 154 Å². The third kappa shape index (κ3) is 4.93. The number of ketones is 1. The molecule has 0 saturated carbocycles. The average Bonchev–Trinajstić information content (AvgIpc) is 2.90. The first-order chi connectivity index (χ1) is 11.9. The Morgan fingerprint density at radius 2 is 1.84 bits per heavy atom. The maximum Gasteiger partial charge on any atom is 0.339 e. The van der Waals surface area contributed by atoms with Crippen LogP contribution in [0.25, 0.3) is 0 Å². The summed E-state index contributed by atoms with van der Waals surface area (Å²) in [5, 5.41) is 12.4. The van der Waals surface area contributed by atoms with Crippen LogP contribution in [0.5, 0.6) is 0 Å². The van der Waals surface area contributed by atoms with E-state index in [9.17, 15) is 19.5 Å². The van der Waals surface area contributed by atoms with Crippen molar-refractivity contribution < 1.29 is 19.5 Å². The fourth-order valence-electron chi connectivity index (χ4n) is 2.43. The van der Waals surface area contributed by atoms with Gasteiger partial charge < -0.3 is 10.4 Å². The van der Waals surface area contributed by atoms with Gasteiger partial charge in [0.1, 0.15) is 5.00 Å². The number of carbonyl (C=O) groups is 3. The van der Waals surface area contributed by atoms with Crippen molar-refractivity contribution in [3.63, 3.8) is 0 Å². The fraction of sp³-hybridized carbons (Fsp3) is 0.278. The number of nitrogens with one attached hydrogen (secondary N) is 1. The van der Waals surface area contributed by atoms with Crippen LogP contribution in [-0.4, -0.2) is 34.3 Å². The first kappa shape index (κ1) is 19.2. The highest BCUT2D eigenvalue weighted by molar-refractivity contribution is 8.00. The van der Waals surface area contributed by atoms with Crippen LogP contribution in [0.4, 0.5) is 5.00 Å². The second-order valence-electron chi connectivity index (χ2n) is 5.33. The molecule has 1 aromatic carbocycles. The highest BCUT2D eigenvalue weighted by atomic mass is 32.2. The summed E-state index contributed by atoms with van der Waals surface area (Å²) >= 11 is 2.48. The van der Waals surface area contributed by atoms with Gasteiger partial charge in [-0.25, -0.2) is 4.79 Å². The minimum Gasteiger partial charge on any atom is -0.478 e. The molecule has 25 heavy (non-hydrogen) atoms. The second-order valence-corrected chi connectivity index (χ2v) is 7.54. The Bertz CT molecular complexity index is 784. The van der Waals surface area contributed by atoms with Crippen molar-refractivity contribution >= 4 is 45.8 Å². The lowest BCUT2D eigenvalue weighted by molar-refractivity contribution is -0.113. The zero-order chi connectivity index (χ0) is 18.4. The van der Waals surface area contributed by atoms with Gasteiger partial charge in [-0.1, -0.05) is 37.3 Å². The summed E-state index contributed by atoms with van der Waals surface area (Å²) in [6.45, 7) is 3.73. The molecule has 0 aliphatic carbocycles. The summed E-state index contributed by atoms with van der Waals surface area (Å²) < 4.78 is 0. The van der Waals surface area contributed by atoms with Gasteiger partial charge in [0.2, 0.25) is 5.91 Å². The zero-order valence-corrected chi connectivity index (χ0v) is 15.6. The molecule has 0 aliphatic rings.